The maximum atomic E-state index is 13.0. The number of ether oxygens (including phenoxy) is 1. The fourth-order valence-corrected chi connectivity index (χ4v) is 5.39. The molecule has 1 aliphatic heterocycles. The fourth-order valence-electron chi connectivity index (χ4n) is 3.76. The van der Waals surface area contributed by atoms with Gasteiger partial charge in [0.15, 0.2) is 0 Å². The number of nitrogens with zero attached hydrogens (tertiary/aromatic N) is 1. The zero-order valence-electron chi connectivity index (χ0n) is 17.0. The van der Waals surface area contributed by atoms with Gasteiger partial charge in [-0.1, -0.05) is 54.1 Å². The fraction of sp³-hybridized carbons (Fsp3) is 0.261. The van der Waals surface area contributed by atoms with Gasteiger partial charge in [0.25, 0.3) is 5.91 Å². The van der Waals surface area contributed by atoms with Crippen molar-refractivity contribution < 1.29 is 17.9 Å². The summed E-state index contributed by atoms with van der Waals surface area (Å²) in [6, 6.07) is 17.8. The zero-order valence-corrected chi connectivity index (χ0v) is 18.6. The predicted molar refractivity (Wildman–Crippen MR) is 121 cm³/mol. The van der Waals surface area contributed by atoms with Crippen molar-refractivity contribution in [3.8, 4) is 0 Å². The van der Waals surface area contributed by atoms with Crippen molar-refractivity contribution in [3.63, 3.8) is 0 Å². The summed E-state index contributed by atoms with van der Waals surface area (Å²) in [5.74, 6) is -0.426. The van der Waals surface area contributed by atoms with Gasteiger partial charge in [-0.15, -0.1) is 0 Å². The van der Waals surface area contributed by atoms with E-state index in [0.29, 0.717) is 13.2 Å². The number of hydrogen-bond acceptors (Lipinski definition) is 4. The van der Waals surface area contributed by atoms with Crippen LogP contribution in [0.15, 0.2) is 65.6 Å². The molecule has 0 radical (unpaired) electrons. The molecule has 1 heterocycles. The zero-order chi connectivity index (χ0) is 22.0. The third-order valence-corrected chi connectivity index (χ3v) is 7.65. The van der Waals surface area contributed by atoms with E-state index in [2.05, 4.69) is 5.32 Å². The Bertz CT molecular complexity index is 1220. The second kappa shape index (κ2) is 8.96. The van der Waals surface area contributed by atoms with Gasteiger partial charge in [0.1, 0.15) is 0 Å². The molecular weight excluding hydrogens is 436 g/mol. The molecule has 3 aromatic rings. The number of benzene rings is 3. The minimum atomic E-state index is -3.73. The van der Waals surface area contributed by atoms with E-state index in [0.717, 1.165) is 16.3 Å². The standard InChI is InChI=1S/C23H23ClN2O4S/c1-16(19-8-4-6-17-5-2-3-7-20(17)19)25-23(27)21-15-18(9-10-22(21)24)31(28,29)26-11-13-30-14-12-26/h2-10,15-16H,11-14H2,1H3,(H,25,27)/t16-/m0/s1. The summed E-state index contributed by atoms with van der Waals surface area (Å²) in [6.07, 6.45) is 0. The maximum Gasteiger partial charge on any atom is 0.253 e. The summed E-state index contributed by atoms with van der Waals surface area (Å²) in [5, 5.41) is 5.28. The smallest absolute Gasteiger partial charge is 0.253 e. The molecule has 1 N–H and O–H groups in total. The third kappa shape index (κ3) is 4.45. The molecule has 0 unspecified atom stereocenters. The first-order chi connectivity index (χ1) is 14.9. The molecule has 8 heteroatoms. The first-order valence-corrected chi connectivity index (χ1v) is 11.9. The average molecular weight is 459 g/mol. The lowest BCUT2D eigenvalue weighted by Gasteiger charge is -2.26. The summed E-state index contributed by atoms with van der Waals surface area (Å²) in [5.41, 5.74) is 1.10. The number of sulfonamides is 1. The van der Waals surface area contributed by atoms with Gasteiger partial charge < -0.3 is 10.1 Å². The number of halogens is 1. The van der Waals surface area contributed by atoms with Gasteiger partial charge in [0, 0.05) is 13.1 Å². The molecule has 0 aliphatic carbocycles. The van der Waals surface area contributed by atoms with Gasteiger partial charge in [0.2, 0.25) is 10.0 Å². The molecule has 1 aliphatic rings. The number of fused-ring (bicyclic) bond motifs is 1. The van der Waals surface area contributed by atoms with Crippen molar-refractivity contribution in [2.75, 3.05) is 26.3 Å². The lowest BCUT2D eigenvalue weighted by Crippen LogP contribution is -2.40. The topological polar surface area (TPSA) is 75.7 Å². The molecule has 162 valence electrons. The largest absolute Gasteiger partial charge is 0.379 e. The number of hydrogen-bond donors (Lipinski definition) is 1. The Kier molecular flexibility index (Phi) is 6.29. The van der Waals surface area contributed by atoms with Crippen LogP contribution in [0.5, 0.6) is 0 Å². The minimum Gasteiger partial charge on any atom is -0.379 e. The Morgan fingerprint density at radius 2 is 1.77 bits per heavy atom. The van der Waals surface area contributed by atoms with Gasteiger partial charge in [0.05, 0.1) is 34.7 Å². The van der Waals surface area contributed by atoms with E-state index >= 15 is 0 Å². The Balaban J connectivity index is 1.60. The van der Waals surface area contributed by atoms with Crippen LogP contribution in [0.2, 0.25) is 5.02 Å². The molecule has 0 saturated carbocycles. The van der Waals surface area contributed by atoms with Crippen LogP contribution in [-0.4, -0.2) is 44.9 Å². The lowest BCUT2D eigenvalue weighted by molar-refractivity contribution is 0.0730. The summed E-state index contributed by atoms with van der Waals surface area (Å²) >= 11 is 6.26. The van der Waals surface area contributed by atoms with Crippen LogP contribution in [0.25, 0.3) is 10.8 Å². The predicted octanol–water partition coefficient (Wildman–Crippen LogP) is 4.01. The van der Waals surface area contributed by atoms with Crippen LogP contribution >= 0.6 is 11.6 Å². The van der Waals surface area contributed by atoms with E-state index in [-0.39, 0.29) is 34.6 Å². The molecule has 3 aromatic carbocycles. The van der Waals surface area contributed by atoms with Crippen molar-refractivity contribution in [2.24, 2.45) is 0 Å². The van der Waals surface area contributed by atoms with Crippen LogP contribution in [0, 0.1) is 0 Å². The minimum absolute atomic E-state index is 0.0433. The molecular formula is C23H23ClN2O4S. The second-order valence-electron chi connectivity index (χ2n) is 7.42. The van der Waals surface area contributed by atoms with Gasteiger partial charge in [-0.05, 0) is 41.5 Å². The van der Waals surface area contributed by atoms with Gasteiger partial charge >= 0.3 is 0 Å². The van der Waals surface area contributed by atoms with Gasteiger partial charge in [-0.25, -0.2) is 8.42 Å². The highest BCUT2D eigenvalue weighted by atomic mass is 35.5. The van der Waals surface area contributed by atoms with Crippen LogP contribution in [0.1, 0.15) is 28.9 Å². The summed E-state index contributed by atoms with van der Waals surface area (Å²) in [7, 11) is -3.73. The molecule has 1 amide bonds. The quantitative estimate of drug-likeness (QED) is 0.627. The molecule has 0 aromatic heterocycles. The summed E-state index contributed by atoms with van der Waals surface area (Å²) in [6.45, 7) is 3.16. The van der Waals surface area contributed by atoms with Crippen molar-refractivity contribution >= 4 is 38.3 Å². The summed E-state index contributed by atoms with van der Waals surface area (Å²) in [4.78, 5) is 13.1. The number of carbonyl (C=O) groups is 1. The van der Waals surface area contributed by atoms with Crippen molar-refractivity contribution in [1.82, 2.24) is 9.62 Å². The number of nitrogens with one attached hydrogen (secondary N) is 1. The van der Waals surface area contributed by atoms with E-state index < -0.39 is 15.9 Å². The van der Waals surface area contributed by atoms with Crippen molar-refractivity contribution in [2.45, 2.75) is 17.9 Å². The molecule has 1 fully saturated rings. The second-order valence-corrected chi connectivity index (χ2v) is 9.77. The molecule has 31 heavy (non-hydrogen) atoms. The average Bonchev–Trinajstić information content (AvgIpc) is 2.79. The molecule has 4 rings (SSSR count). The van der Waals surface area contributed by atoms with Crippen LogP contribution in [0.3, 0.4) is 0 Å². The van der Waals surface area contributed by atoms with E-state index in [9.17, 15) is 13.2 Å². The third-order valence-electron chi connectivity index (χ3n) is 5.43. The highest BCUT2D eigenvalue weighted by Gasteiger charge is 2.28. The first kappa shape index (κ1) is 21.8. The van der Waals surface area contributed by atoms with Crippen LogP contribution < -0.4 is 5.32 Å². The Labute approximate surface area is 186 Å². The number of carbonyl (C=O) groups excluding carboxylic acids is 1. The SMILES string of the molecule is C[C@H](NC(=O)c1cc(S(=O)(=O)N2CCOCC2)ccc1Cl)c1cccc2ccccc12. The Morgan fingerprint density at radius 3 is 2.55 bits per heavy atom. The lowest BCUT2D eigenvalue weighted by atomic mass is 9.99. The highest BCUT2D eigenvalue weighted by molar-refractivity contribution is 7.89. The van der Waals surface area contributed by atoms with Crippen molar-refractivity contribution in [3.05, 3.63) is 76.8 Å². The monoisotopic (exact) mass is 458 g/mol. The Hall–Kier alpha value is -2.45. The molecule has 0 spiro atoms. The van der Waals surface area contributed by atoms with E-state index in [1.54, 1.807) is 0 Å². The van der Waals surface area contributed by atoms with E-state index in [4.69, 9.17) is 16.3 Å². The Morgan fingerprint density at radius 1 is 1.06 bits per heavy atom. The normalized spacial score (nSPS) is 16.2. The van der Waals surface area contributed by atoms with Crippen LogP contribution in [-0.2, 0) is 14.8 Å². The first-order valence-electron chi connectivity index (χ1n) is 10.0. The molecule has 1 atom stereocenters. The van der Waals surface area contributed by atoms with Crippen molar-refractivity contribution in [1.29, 1.82) is 0 Å². The van der Waals surface area contributed by atoms with E-state index in [1.165, 1.54) is 22.5 Å². The van der Waals surface area contributed by atoms with Gasteiger partial charge in [-0.2, -0.15) is 4.31 Å². The number of amides is 1. The molecule has 6 nitrogen and oxygen atoms in total. The number of morpholine rings is 1. The van der Waals surface area contributed by atoms with Crippen LogP contribution in [0.4, 0.5) is 0 Å². The van der Waals surface area contributed by atoms with E-state index in [1.807, 2.05) is 49.4 Å². The maximum absolute atomic E-state index is 13.0. The number of rotatable bonds is 5. The summed E-state index contributed by atoms with van der Waals surface area (Å²) < 4.78 is 32.5. The molecule has 1 saturated heterocycles. The highest BCUT2D eigenvalue weighted by Crippen LogP contribution is 2.27. The molecule has 0 bridgehead atoms. The van der Waals surface area contributed by atoms with Gasteiger partial charge in [-0.3, -0.25) is 4.79 Å².